The van der Waals surface area contributed by atoms with Crippen LogP contribution in [-0.2, 0) is 0 Å². The van der Waals surface area contributed by atoms with Crippen LogP contribution in [0.2, 0.25) is 0 Å². The minimum Gasteiger partial charge on any atom is -0.345 e. The maximum atomic E-state index is 12.8. The standard InChI is InChI=1S/C21H19BrN4O2S/c22-16-4-3-13-7-15(2-1-14(13)8-16)21(28)26-11-18(12-26)25-9-17(10-25)24-19(27)20-23-5-6-29-20/h1-8,17-18H,9-12H2,(H,24,27). The summed E-state index contributed by atoms with van der Waals surface area (Å²) in [5, 5.41) is 7.51. The molecule has 3 heterocycles. The van der Waals surface area contributed by atoms with Crippen LogP contribution in [0.25, 0.3) is 10.8 Å². The summed E-state index contributed by atoms with van der Waals surface area (Å²) in [4.78, 5) is 33.1. The Labute approximate surface area is 180 Å². The normalized spacial score (nSPS) is 17.8. The molecule has 2 aliphatic rings. The summed E-state index contributed by atoms with van der Waals surface area (Å²) in [7, 11) is 0. The largest absolute Gasteiger partial charge is 0.345 e. The lowest BCUT2D eigenvalue weighted by Gasteiger charge is -2.51. The molecule has 1 N–H and O–H groups in total. The van der Waals surface area contributed by atoms with E-state index in [-0.39, 0.29) is 17.9 Å². The van der Waals surface area contributed by atoms with Crippen molar-refractivity contribution in [3.8, 4) is 0 Å². The smallest absolute Gasteiger partial charge is 0.280 e. The summed E-state index contributed by atoms with van der Waals surface area (Å²) >= 11 is 4.83. The second-order valence-corrected chi connectivity index (χ2v) is 9.34. The number of nitrogens with zero attached hydrogens (tertiary/aromatic N) is 3. The van der Waals surface area contributed by atoms with Gasteiger partial charge < -0.3 is 10.2 Å². The Morgan fingerprint density at radius 3 is 2.59 bits per heavy atom. The van der Waals surface area contributed by atoms with Crippen molar-refractivity contribution < 1.29 is 9.59 Å². The molecule has 0 aliphatic carbocycles. The van der Waals surface area contributed by atoms with Crippen LogP contribution in [0.15, 0.2) is 52.4 Å². The van der Waals surface area contributed by atoms with E-state index in [2.05, 4.69) is 37.2 Å². The Morgan fingerprint density at radius 1 is 1.07 bits per heavy atom. The Hall–Kier alpha value is -2.29. The third kappa shape index (κ3) is 3.68. The van der Waals surface area contributed by atoms with Crippen LogP contribution in [0.3, 0.4) is 0 Å². The molecule has 0 unspecified atom stereocenters. The molecule has 0 spiro atoms. The van der Waals surface area contributed by atoms with E-state index in [1.807, 2.05) is 35.2 Å². The number of amides is 2. The molecule has 1 aromatic heterocycles. The van der Waals surface area contributed by atoms with Gasteiger partial charge in [0.2, 0.25) is 0 Å². The second kappa shape index (κ2) is 7.51. The lowest BCUT2D eigenvalue weighted by molar-refractivity contribution is -0.00940. The molecule has 29 heavy (non-hydrogen) atoms. The van der Waals surface area contributed by atoms with Crippen LogP contribution in [0, 0.1) is 0 Å². The van der Waals surface area contributed by atoms with Crippen molar-refractivity contribution in [2.75, 3.05) is 26.2 Å². The van der Waals surface area contributed by atoms with Gasteiger partial charge in [-0.05, 0) is 35.0 Å². The van der Waals surface area contributed by atoms with Gasteiger partial charge in [-0.15, -0.1) is 11.3 Å². The van der Waals surface area contributed by atoms with Gasteiger partial charge in [0, 0.05) is 53.8 Å². The minimum atomic E-state index is -0.0987. The van der Waals surface area contributed by atoms with Crippen molar-refractivity contribution in [1.29, 1.82) is 0 Å². The van der Waals surface area contributed by atoms with Crippen molar-refractivity contribution in [1.82, 2.24) is 20.1 Å². The fourth-order valence-corrected chi connectivity index (χ4v) is 4.79. The number of nitrogens with one attached hydrogen (secondary N) is 1. The van der Waals surface area contributed by atoms with E-state index in [0.717, 1.165) is 47.0 Å². The molecule has 5 rings (SSSR count). The van der Waals surface area contributed by atoms with Crippen LogP contribution in [-0.4, -0.2) is 64.9 Å². The summed E-state index contributed by atoms with van der Waals surface area (Å²) in [6, 6.07) is 12.5. The van der Waals surface area contributed by atoms with Gasteiger partial charge in [-0.2, -0.15) is 0 Å². The van der Waals surface area contributed by atoms with Gasteiger partial charge in [0.05, 0.1) is 6.04 Å². The molecule has 2 fully saturated rings. The zero-order valence-electron chi connectivity index (χ0n) is 15.5. The minimum absolute atomic E-state index is 0.0835. The Bertz CT molecular complexity index is 1080. The molecule has 2 saturated heterocycles. The predicted octanol–water partition coefficient (Wildman–Crippen LogP) is 3.00. The van der Waals surface area contributed by atoms with Gasteiger partial charge in [-0.1, -0.05) is 28.1 Å². The number of likely N-dealkylation sites (tertiary alicyclic amines) is 2. The van der Waals surface area contributed by atoms with E-state index in [1.165, 1.54) is 11.3 Å². The maximum absolute atomic E-state index is 12.8. The number of aromatic nitrogens is 1. The first-order chi connectivity index (χ1) is 14.1. The summed E-state index contributed by atoms with van der Waals surface area (Å²) in [5.74, 6) is -0.0152. The van der Waals surface area contributed by atoms with Crippen LogP contribution in [0.5, 0.6) is 0 Å². The first-order valence-electron chi connectivity index (χ1n) is 9.50. The third-order valence-corrected chi connectivity index (χ3v) is 6.85. The number of hydrogen-bond donors (Lipinski definition) is 1. The summed E-state index contributed by atoms with van der Waals surface area (Å²) in [6.07, 6.45) is 1.64. The number of rotatable bonds is 4. The number of benzene rings is 2. The highest BCUT2D eigenvalue weighted by molar-refractivity contribution is 9.10. The highest BCUT2D eigenvalue weighted by Crippen LogP contribution is 2.25. The van der Waals surface area contributed by atoms with E-state index in [0.29, 0.717) is 11.0 Å². The quantitative estimate of drug-likeness (QED) is 0.636. The molecule has 8 heteroatoms. The average Bonchev–Trinajstić information content (AvgIpc) is 3.18. The molecule has 2 amide bonds. The highest BCUT2D eigenvalue weighted by atomic mass is 79.9. The van der Waals surface area contributed by atoms with E-state index in [4.69, 9.17) is 0 Å². The lowest BCUT2D eigenvalue weighted by Crippen LogP contribution is -2.70. The monoisotopic (exact) mass is 470 g/mol. The van der Waals surface area contributed by atoms with Gasteiger partial charge >= 0.3 is 0 Å². The van der Waals surface area contributed by atoms with Crippen molar-refractivity contribution in [3.63, 3.8) is 0 Å². The fourth-order valence-electron chi connectivity index (χ4n) is 3.87. The lowest BCUT2D eigenvalue weighted by atomic mass is 9.98. The SMILES string of the molecule is O=C(NC1CN(C2CN(C(=O)c3ccc4cc(Br)ccc4c3)C2)C1)c1nccs1. The van der Waals surface area contributed by atoms with E-state index in [1.54, 1.807) is 11.6 Å². The van der Waals surface area contributed by atoms with Gasteiger partial charge in [-0.3, -0.25) is 14.5 Å². The number of hydrogen-bond acceptors (Lipinski definition) is 5. The molecule has 0 bridgehead atoms. The molecule has 2 aromatic carbocycles. The van der Waals surface area contributed by atoms with Crippen molar-refractivity contribution in [2.45, 2.75) is 12.1 Å². The molecule has 0 radical (unpaired) electrons. The van der Waals surface area contributed by atoms with E-state index < -0.39 is 0 Å². The molecule has 148 valence electrons. The zero-order chi connectivity index (χ0) is 20.0. The van der Waals surface area contributed by atoms with Crippen LogP contribution in [0.4, 0.5) is 0 Å². The molecular formula is C21H19BrN4O2S. The number of carbonyl (C=O) groups is 2. The zero-order valence-corrected chi connectivity index (χ0v) is 17.9. The molecule has 6 nitrogen and oxygen atoms in total. The summed E-state index contributed by atoms with van der Waals surface area (Å²) in [5.41, 5.74) is 0.732. The molecule has 0 saturated carbocycles. The topological polar surface area (TPSA) is 65.5 Å². The number of thiazole rings is 1. The molecule has 0 atom stereocenters. The highest BCUT2D eigenvalue weighted by Gasteiger charge is 2.41. The average molecular weight is 471 g/mol. The van der Waals surface area contributed by atoms with Gasteiger partial charge in [0.1, 0.15) is 0 Å². The molecule has 3 aromatic rings. The third-order valence-electron chi connectivity index (χ3n) is 5.59. The van der Waals surface area contributed by atoms with Crippen molar-refractivity contribution >= 4 is 49.9 Å². The maximum Gasteiger partial charge on any atom is 0.280 e. The van der Waals surface area contributed by atoms with Crippen molar-refractivity contribution in [2.24, 2.45) is 0 Å². The number of fused-ring (bicyclic) bond motifs is 1. The summed E-state index contributed by atoms with van der Waals surface area (Å²) in [6.45, 7) is 3.14. The Morgan fingerprint density at radius 2 is 1.83 bits per heavy atom. The van der Waals surface area contributed by atoms with Gasteiger partial charge in [0.15, 0.2) is 5.01 Å². The van der Waals surface area contributed by atoms with Crippen LogP contribution >= 0.6 is 27.3 Å². The first kappa shape index (κ1) is 18.7. The van der Waals surface area contributed by atoms with Gasteiger partial charge in [0.25, 0.3) is 11.8 Å². The fraction of sp³-hybridized carbons (Fsp3) is 0.286. The van der Waals surface area contributed by atoms with Gasteiger partial charge in [-0.25, -0.2) is 4.98 Å². The predicted molar refractivity (Wildman–Crippen MR) is 116 cm³/mol. The molecular weight excluding hydrogens is 452 g/mol. The number of halogens is 1. The van der Waals surface area contributed by atoms with E-state index in [9.17, 15) is 9.59 Å². The van der Waals surface area contributed by atoms with Crippen LogP contribution in [0.1, 0.15) is 20.2 Å². The van der Waals surface area contributed by atoms with Crippen LogP contribution < -0.4 is 5.32 Å². The first-order valence-corrected chi connectivity index (χ1v) is 11.2. The van der Waals surface area contributed by atoms with Crippen molar-refractivity contribution in [3.05, 3.63) is 63.0 Å². The molecule has 2 aliphatic heterocycles. The second-order valence-electron chi connectivity index (χ2n) is 7.53. The Balaban J connectivity index is 1.12. The summed E-state index contributed by atoms with van der Waals surface area (Å²) < 4.78 is 1.03. The Kier molecular flexibility index (Phi) is 4.85. The number of carbonyl (C=O) groups excluding carboxylic acids is 2. The van der Waals surface area contributed by atoms with E-state index >= 15 is 0 Å².